The first-order valence-electron chi connectivity index (χ1n) is 11.3. The quantitative estimate of drug-likeness (QED) is 0.524. The molecule has 0 aliphatic carbocycles. The molecule has 2 aliphatic heterocycles. The van der Waals surface area contributed by atoms with Gasteiger partial charge in [-0.15, -0.1) is 0 Å². The average Bonchev–Trinajstić information content (AvgIpc) is 3.23. The monoisotopic (exact) mass is 418 g/mol. The van der Waals surface area contributed by atoms with Crippen LogP contribution in [-0.2, 0) is 12.8 Å². The van der Waals surface area contributed by atoms with Crippen LogP contribution < -0.4 is 4.90 Å². The zero-order valence-electron chi connectivity index (χ0n) is 17.7. The molecule has 5 rings (SSSR count). The number of benzene rings is 3. The minimum atomic E-state index is -0.197. The molecule has 3 aromatic carbocycles. The molecule has 3 aromatic rings. The van der Waals surface area contributed by atoms with Gasteiger partial charge in [-0.2, -0.15) is 0 Å². The number of piperidine rings is 1. The van der Waals surface area contributed by atoms with Crippen molar-refractivity contribution in [3.05, 3.63) is 89.5 Å². The fourth-order valence-corrected chi connectivity index (χ4v) is 5.00. The van der Waals surface area contributed by atoms with E-state index in [1.165, 1.54) is 41.8 Å². The van der Waals surface area contributed by atoms with Gasteiger partial charge in [0, 0.05) is 37.9 Å². The predicted octanol–water partition coefficient (Wildman–Crippen LogP) is 5.70. The van der Waals surface area contributed by atoms with E-state index in [1.54, 1.807) is 12.1 Å². The lowest BCUT2D eigenvalue weighted by Crippen LogP contribution is -2.45. The lowest BCUT2D eigenvalue weighted by atomic mass is 10.00. The Balaban J connectivity index is 1.21. The molecule has 2 nitrogen and oxygen atoms in total. The van der Waals surface area contributed by atoms with E-state index in [-0.39, 0.29) is 11.6 Å². The molecular weight excluding hydrogens is 390 g/mol. The van der Waals surface area contributed by atoms with Crippen LogP contribution in [0.3, 0.4) is 0 Å². The second-order valence-electron chi connectivity index (χ2n) is 8.74. The largest absolute Gasteiger partial charge is 0.368 e. The summed E-state index contributed by atoms with van der Waals surface area (Å²) in [6, 6.07) is 20.9. The SMILES string of the molecule is Fc1ccc(CCN2CCC(N3CCc4ccc(-c5ccc(F)cc5)cc43)CC2)cc1. The van der Waals surface area contributed by atoms with Crippen LogP contribution in [0.25, 0.3) is 11.1 Å². The third kappa shape index (κ3) is 4.49. The molecule has 0 radical (unpaired) electrons. The van der Waals surface area contributed by atoms with Gasteiger partial charge >= 0.3 is 0 Å². The summed E-state index contributed by atoms with van der Waals surface area (Å²) in [4.78, 5) is 5.13. The van der Waals surface area contributed by atoms with Gasteiger partial charge in [-0.25, -0.2) is 8.78 Å². The Kier molecular flexibility index (Phi) is 5.73. The molecule has 0 N–H and O–H groups in total. The summed E-state index contributed by atoms with van der Waals surface area (Å²) in [5.41, 5.74) is 6.19. The first-order chi connectivity index (χ1) is 15.2. The summed E-state index contributed by atoms with van der Waals surface area (Å²) in [6.07, 6.45) is 4.41. The van der Waals surface area contributed by atoms with E-state index in [0.717, 1.165) is 50.1 Å². The molecule has 0 atom stereocenters. The minimum absolute atomic E-state index is 0.168. The highest BCUT2D eigenvalue weighted by atomic mass is 19.1. The molecule has 1 fully saturated rings. The van der Waals surface area contributed by atoms with Crippen LogP contribution in [0.1, 0.15) is 24.0 Å². The third-order valence-corrected chi connectivity index (χ3v) is 6.82. The Morgan fingerprint density at radius 1 is 0.742 bits per heavy atom. The number of halogens is 2. The van der Waals surface area contributed by atoms with Gasteiger partial charge in [-0.05, 0) is 78.3 Å². The van der Waals surface area contributed by atoms with Gasteiger partial charge in [0.05, 0.1) is 0 Å². The van der Waals surface area contributed by atoms with Crippen molar-refractivity contribution in [3.63, 3.8) is 0 Å². The molecular formula is C27H28F2N2. The first-order valence-corrected chi connectivity index (χ1v) is 11.3. The summed E-state index contributed by atoms with van der Waals surface area (Å²) < 4.78 is 26.4. The third-order valence-electron chi connectivity index (χ3n) is 6.82. The highest BCUT2D eigenvalue weighted by Crippen LogP contribution is 2.36. The summed E-state index contributed by atoms with van der Waals surface area (Å²) in [7, 11) is 0. The molecule has 2 heterocycles. The molecule has 0 spiro atoms. The van der Waals surface area contributed by atoms with Crippen LogP contribution in [0.15, 0.2) is 66.7 Å². The van der Waals surface area contributed by atoms with Gasteiger partial charge in [0.2, 0.25) is 0 Å². The van der Waals surface area contributed by atoms with Crippen LogP contribution in [0.4, 0.5) is 14.5 Å². The second kappa shape index (κ2) is 8.80. The molecule has 4 heteroatoms. The predicted molar refractivity (Wildman–Crippen MR) is 122 cm³/mol. The Bertz CT molecular complexity index is 1020. The van der Waals surface area contributed by atoms with E-state index in [9.17, 15) is 8.78 Å². The maximum absolute atomic E-state index is 13.3. The molecule has 0 saturated carbocycles. The topological polar surface area (TPSA) is 6.48 Å². The standard InChI is InChI=1S/C27H28F2N2/c28-24-7-1-20(2-8-24)11-15-30-16-13-26(14-17-30)31-18-12-22-3-4-23(19-27(22)31)21-5-9-25(29)10-6-21/h1-10,19,26H,11-18H2. The maximum atomic E-state index is 13.3. The summed E-state index contributed by atoms with van der Waals surface area (Å²) in [5, 5.41) is 0. The van der Waals surface area contributed by atoms with Crippen molar-refractivity contribution in [1.29, 1.82) is 0 Å². The smallest absolute Gasteiger partial charge is 0.123 e. The van der Waals surface area contributed by atoms with Gasteiger partial charge < -0.3 is 9.80 Å². The normalized spacial score (nSPS) is 17.2. The molecule has 160 valence electrons. The number of anilines is 1. The van der Waals surface area contributed by atoms with Crippen molar-refractivity contribution < 1.29 is 8.78 Å². The molecule has 31 heavy (non-hydrogen) atoms. The van der Waals surface area contributed by atoms with E-state index < -0.39 is 0 Å². The fraction of sp³-hybridized carbons (Fsp3) is 0.333. The first kappa shape index (κ1) is 20.2. The lowest BCUT2D eigenvalue weighted by Gasteiger charge is -2.38. The molecule has 2 aliphatic rings. The lowest BCUT2D eigenvalue weighted by molar-refractivity contribution is 0.212. The Hall–Kier alpha value is -2.72. The fourth-order valence-electron chi connectivity index (χ4n) is 5.00. The van der Waals surface area contributed by atoms with Crippen molar-refractivity contribution in [2.75, 3.05) is 31.1 Å². The van der Waals surface area contributed by atoms with Crippen molar-refractivity contribution in [1.82, 2.24) is 4.90 Å². The maximum Gasteiger partial charge on any atom is 0.123 e. The summed E-state index contributed by atoms with van der Waals surface area (Å²) in [6.45, 7) is 4.33. The van der Waals surface area contributed by atoms with Crippen LogP contribution in [0.5, 0.6) is 0 Å². The van der Waals surface area contributed by atoms with Crippen molar-refractivity contribution in [3.8, 4) is 11.1 Å². The van der Waals surface area contributed by atoms with Gasteiger partial charge in [0.15, 0.2) is 0 Å². The molecule has 0 amide bonds. The highest BCUT2D eigenvalue weighted by molar-refractivity contribution is 5.72. The molecule has 0 unspecified atom stereocenters. The van der Waals surface area contributed by atoms with E-state index in [0.29, 0.717) is 6.04 Å². The van der Waals surface area contributed by atoms with Gasteiger partial charge in [0.1, 0.15) is 11.6 Å². The average molecular weight is 419 g/mol. The van der Waals surface area contributed by atoms with Gasteiger partial charge in [-0.1, -0.05) is 36.4 Å². The molecule has 0 bridgehead atoms. The van der Waals surface area contributed by atoms with Crippen LogP contribution in [0.2, 0.25) is 0 Å². The van der Waals surface area contributed by atoms with Gasteiger partial charge in [-0.3, -0.25) is 0 Å². The van der Waals surface area contributed by atoms with Crippen molar-refractivity contribution in [2.24, 2.45) is 0 Å². The van der Waals surface area contributed by atoms with Crippen LogP contribution in [0, 0.1) is 11.6 Å². The number of nitrogens with zero attached hydrogens (tertiary/aromatic N) is 2. The van der Waals surface area contributed by atoms with Gasteiger partial charge in [0.25, 0.3) is 0 Å². The number of fused-ring (bicyclic) bond motifs is 1. The van der Waals surface area contributed by atoms with Crippen molar-refractivity contribution >= 4 is 5.69 Å². The zero-order valence-corrected chi connectivity index (χ0v) is 17.7. The van der Waals surface area contributed by atoms with E-state index in [4.69, 9.17) is 0 Å². The number of hydrogen-bond acceptors (Lipinski definition) is 2. The number of hydrogen-bond donors (Lipinski definition) is 0. The molecule has 1 saturated heterocycles. The molecule has 0 aromatic heterocycles. The summed E-state index contributed by atoms with van der Waals surface area (Å²) in [5.74, 6) is -0.365. The zero-order chi connectivity index (χ0) is 21.2. The van der Waals surface area contributed by atoms with E-state index in [1.807, 2.05) is 24.3 Å². The summed E-state index contributed by atoms with van der Waals surface area (Å²) >= 11 is 0. The van der Waals surface area contributed by atoms with Crippen molar-refractivity contribution in [2.45, 2.75) is 31.7 Å². The van der Waals surface area contributed by atoms with Crippen LogP contribution >= 0.6 is 0 Å². The Labute approximate surface area is 183 Å². The second-order valence-corrected chi connectivity index (χ2v) is 8.74. The van der Waals surface area contributed by atoms with Crippen LogP contribution in [-0.4, -0.2) is 37.1 Å². The minimum Gasteiger partial charge on any atom is -0.368 e. The Morgan fingerprint density at radius 2 is 1.39 bits per heavy atom. The highest BCUT2D eigenvalue weighted by Gasteiger charge is 2.29. The number of likely N-dealkylation sites (tertiary alicyclic amines) is 1. The van der Waals surface area contributed by atoms with E-state index >= 15 is 0 Å². The number of rotatable bonds is 5. The Morgan fingerprint density at radius 3 is 2.10 bits per heavy atom. The van der Waals surface area contributed by atoms with E-state index in [2.05, 4.69) is 28.0 Å².